The first-order valence-corrected chi connectivity index (χ1v) is 6.18. The fourth-order valence-electron chi connectivity index (χ4n) is 1.39. The lowest BCUT2D eigenvalue weighted by atomic mass is 10.2. The van der Waals surface area contributed by atoms with Crippen molar-refractivity contribution in [3.63, 3.8) is 0 Å². The van der Waals surface area contributed by atoms with Gasteiger partial charge in [0.05, 0.1) is 15.9 Å². The molecule has 5 heteroatoms. The summed E-state index contributed by atoms with van der Waals surface area (Å²) in [6.07, 6.45) is 1.78. The van der Waals surface area contributed by atoms with Crippen molar-refractivity contribution in [1.29, 1.82) is 0 Å². The van der Waals surface area contributed by atoms with E-state index in [0.717, 1.165) is 5.03 Å². The van der Waals surface area contributed by atoms with Gasteiger partial charge < -0.3 is 0 Å². The van der Waals surface area contributed by atoms with Crippen molar-refractivity contribution in [2.75, 3.05) is 0 Å². The third kappa shape index (κ3) is 3.18. The summed E-state index contributed by atoms with van der Waals surface area (Å²) in [5.41, 5.74) is 0.698. The second-order valence-electron chi connectivity index (χ2n) is 3.47. The number of aromatic amines is 1. The Bertz CT molecular complexity index is 556. The molecule has 0 atom stereocenters. The van der Waals surface area contributed by atoms with Crippen LogP contribution in [-0.4, -0.2) is 4.92 Å². The molecule has 0 saturated carbocycles. The standard InChI is InChI=1S/C13H10N2O2S/c16-15(17)12(11-6-2-1-3-7-11)10-18-13-8-4-5-9-14-13/h1-10H/p+1. The van der Waals surface area contributed by atoms with E-state index in [4.69, 9.17) is 0 Å². The van der Waals surface area contributed by atoms with E-state index in [2.05, 4.69) is 4.98 Å². The number of nitrogens with one attached hydrogen (secondary N) is 1. The molecule has 0 amide bonds. The normalized spacial score (nSPS) is 11.2. The zero-order valence-corrected chi connectivity index (χ0v) is 10.3. The largest absolute Gasteiger partial charge is 0.283 e. The number of nitro groups is 1. The second kappa shape index (κ2) is 5.97. The Hall–Kier alpha value is -2.14. The highest BCUT2D eigenvalue weighted by Gasteiger charge is 2.14. The molecule has 0 aliphatic heterocycles. The fourth-order valence-corrected chi connectivity index (χ4v) is 2.15. The maximum atomic E-state index is 11.0. The maximum Gasteiger partial charge on any atom is 0.283 e. The molecule has 0 unspecified atom stereocenters. The molecule has 1 aromatic carbocycles. The first-order chi connectivity index (χ1) is 8.77. The van der Waals surface area contributed by atoms with Crippen LogP contribution in [-0.2, 0) is 0 Å². The zero-order valence-electron chi connectivity index (χ0n) is 9.45. The van der Waals surface area contributed by atoms with Crippen LogP contribution in [0.25, 0.3) is 5.70 Å². The SMILES string of the molecule is O=[N+]([O-])C(=CSc1cccc[nH+]1)c1ccccc1. The van der Waals surface area contributed by atoms with Gasteiger partial charge in [0, 0.05) is 12.1 Å². The van der Waals surface area contributed by atoms with E-state index in [1.807, 2.05) is 24.3 Å². The van der Waals surface area contributed by atoms with E-state index in [9.17, 15) is 10.1 Å². The molecule has 0 radical (unpaired) electrons. The van der Waals surface area contributed by atoms with Crippen LogP contribution in [0.4, 0.5) is 0 Å². The summed E-state index contributed by atoms with van der Waals surface area (Å²) < 4.78 is 0. The smallest absolute Gasteiger partial charge is 0.258 e. The van der Waals surface area contributed by atoms with Crippen molar-refractivity contribution in [3.8, 4) is 0 Å². The first kappa shape index (κ1) is 12.3. The second-order valence-corrected chi connectivity index (χ2v) is 4.38. The summed E-state index contributed by atoms with van der Waals surface area (Å²) in [7, 11) is 0. The van der Waals surface area contributed by atoms with Crippen molar-refractivity contribution in [2.45, 2.75) is 5.03 Å². The van der Waals surface area contributed by atoms with E-state index in [-0.39, 0.29) is 10.6 Å². The molecule has 0 aliphatic rings. The highest BCUT2D eigenvalue weighted by molar-refractivity contribution is 8.02. The number of H-pyrrole nitrogens is 1. The number of aromatic nitrogens is 1. The van der Waals surface area contributed by atoms with Gasteiger partial charge in [-0.15, -0.1) is 0 Å². The van der Waals surface area contributed by atoms with Crippen molar-refractivity contribution >= 4 is 17.5 Å². The van der Waals surface area contributed by atoms with Crippen LogP contribution in [0.3, 0.4) is 0 Å². The van der Waals surface area contributed by atoms with Gasteiger partial charge in [0.25, 0.3) is 5.70 Å². The van der Waals surface area contributed by atoms with Gasteiger partial charge >= 0.3 is 0 Å². The maximum absolute atomic E-state index is 11.0. The van der Waals surface area contributed by atoms with Crippen LogP contribution >= 0.6 is 11.8 Å². The lowest BCUT2D eigenvalue weighted by Gasteiger charge is -1.97. The van der Waals surface area contributed by atoms with E-state index < -0.39 is 0 Å². The van der Waals surface area contributed by atoms with Gasteiger partial charge in [0.2, 0.25) is 5.03 Å². The molecule has 18 heavy (non-hydrogen) atoms. The summed E-state index contributed by atoms with van der Waals surface area (Å²) in [5.74, 6) is 0. The number of nitrogens with zero attached hydrogens (tertiary/aromatic N) is 1. The quantitative estimate of drug-likeness (QED) is 0.482. The molecular formula is C13H11N2O2S+. The minimum absolute atomic E-state index is 0.0952. The molecule has 1 N–H and O–H groups in total. The summed E-state index contributed by atoms with van der Waals surface area (Å²) in [5, 5.41) is 13.4. The summed E-state index contributed by atoms with van der Waals surface area (Å²) in [6.45, 7) is 0. The van der Waals surface area contributed by atoms with Gasteiger partial charge in [-0.3, -0.25) is 10.1 Å². The first-order valence-electron chi connectivity index (χ1n) is 5.31. The average Bonchev–Trinajstić information content (AvgIpc) is 2.41. The zero-order chi connectivity index (χ0) is 12.8. The lowest BCUT2D eigenvalue weighted by Crippen LogP contribution is -2.02. The Morgan fingerprint density at radius 3 is 2.50 bits per heavy atom. The number of hydrogen-bond donors (Lipinski definition) is 0. The lowest BCUT2D eigenvalue weighted by molar-refractivity contribution is -0.426. The van der Waals surface area contributed by atoms with Crippen LogP contribution < -0.4 is 4.98 Å². The Kier molecular flexibility index (Phi) is 4.09. The molecule has 0 bridgehead atoms. The van der Waals surface area contributed by atoms with Crippen LogP contribution in [0.2, 0.25) is 0 Å². The molecule has 0 spiro atoms. The molecule has 2 rings (SSSR count). The van der Waals surface area contributed by atoms with E-state index in [1.165, 1.54) is 11.8 Å². The van der Waals surface area contributed by atoms with Gasteiger partial charge in [0.1, 0.15) is 0 Å². The Labute approximate surface area is 109 Å². The minimum Gasteiger partial charge on any atom is -0.258 e. The fraction of sp³-hybridized carbons (Fsp3) is 0. The van der Waals surface area contributed by atoms with Gasteiger partial charge in [-0.2, -0.15) is 0 Å². The van der Waals surface area contributed by atoms with Gasteiger partial charge in [-0.25, -0.2) is 4.98 Å². The van der Waals surface area contributed by atoms with Gasteiger partial charge in [0.15, 0.2) is 6.20 Å². The van der Waals surface area contributed by atoms with Gasteiger partial charge in [-0.05, 0) is 30.0 Å². The Morgan fingerprint density at radius 1 is 1.17 bits per heavy atom. The van der Waals surface area contributed by atoms with E-state index >= 15 is 0 Å². The average molecular weight is 259 g/mol. The highest BCUT2D eigenvalue weighted by atomic mass is 32.2. The van der Waals surface area contributed by atoms with Crippen molar-refractivity contribution in [3.05, 3.63) is 75.8 Å². The third-order valence-electron chi connectivity index (χ3n) is 2.24. The number of benzene rings is 1. The van der Waals surface area contributed by atoms with Crippen LogP contribution in [0.5, 0.6) is 0 Å². The van der Waals surface area contributed by atoms with Gasteiger partial charge in [-0.1, -0.05) is 18.2 Å². The number of pyridine rings is 1. The summed E-state index contributed by atoms with van der Waals surface area (Å²) in [6, 6.07) is 14.5. The van der Waals surface area contributed by atoms with Crippen molar-refractivity contribution in [2.24, 2.45) is 0 Å². The van der Waals surface area contributed by atoms with Crippen molar-refractivity contribution in [1.82, 2.24) is 0 Å². The molecule has 90 valence electrons. The summed E-state index contributed by atoms with van der Waals surface area (Å²) in [4.78, 5) is 13.7. The number of thioether (sulfide) groups is 1. The molecule has 1 heterocycles. The molecular weight excluding hydrogens is 248 g/mol. The van der Waals surface area contributed by atoms with E-state index in [1.54, 1.807) is 35.9 Å². The Balaban J connectivity index is 2.24. The summed E-state index contributed by atoms with van der Waals surface area (Å²) >= 11 is 1.29. The van der Waals surface area contributed by atoms with Crippen LogP contribution in [0, 0.1) is 10.1 Å². The van der Waals surface area contributed by atoms with Crippen LogP contribution in [0.1, 0.15) is 5.56 Å². The highest BCUT2D eigenvalue weighted by Crippen LogP contribution is 2.22. The number of hydrogen-bond acceptors (Lipinski definition) is 3. The molecule has 0 aliphatic carbocycles. The van der Waals surface area contributed by atoms with Crippen LogP contribution in [0.15, 0.2) is 65.2 Å². The van der Waals surface area contributed by atoms with Crippen molar-refractivity contribution < 1.29 is 9.91 Å². The predicted octanol–water partition coefficient (Wildman–Crippen LogP) is 2.87. The number of rotatable bonds is 4. The molecule has 4 nitrogen and oxygen atoms in total. The molecule has 0 fully saturated rings. The third-order valence-corrected chi connectivity index (χ3v) is 3.09. The monoisotopic (exact) mass is 259 g/mol. The minimum atomic E-state index is -0.370. The molecule has 2 aromatic rings. The Morgan fingerprint density at radius 2 is 1.89 bits per heavy atom. The molecule has 0 saturated heterocycles. The predicted molar refractivity (Wildman–Crippen MR) is 70.3 cm³/mol. The molecule has 1 aromatic heterocycles. The van der Waals surface area contributed by atoms with E-state index in [0.29, 0.717) is 5.56 Å². The topological polar surface area (TPSA) is 57.3 Å².